The summed E-state index contributed by atoms with van der Waals surface area (Å²) >= 11 is 0. The molecule has 3 nitrogen and oxygen atoms in total. The third-order valence-electron chi connectivity index (χ3n) is 2.40. The van der Waals surface area contributed by atoms with Gasteiger partial charge in [-0.15, -0.1) is 0 Å². The molecule has 0 unspecified atom stereocenters. The van der Waals surface area contributed by atoms with Crippen LogP contribution in [0.4, 0.5) is 0 Å². The fourth-order valence-corrected chi connectivity index (χ4v) is 1.58. The molecule has 0 aliphatic heterocycles. The second-order valence-corrected chi connectivity index (χ2v) is 3.86. The van der Waals surface area contributed by atoms with Gasteiger partial charge in [-0.2, -0.15) is 5.26 Å². The highest BCUT2D eigenvalue weighted by molar-refractivity contribution is 5.40. The molecule has 1 heterocycles. The first-order valence-electron chi connectivity index (χ1n) is 5.30. The largest absolute Gasteiger partial charge is 0.457 e. The van der Waals surface area contributed by atoms with E-state index >= 15 is 0 Å². The van der Waals surface area contributed by atoms with Gasteiger partial charge in [0.05, 0.1) is 0 Å². The van der Waals surface area contributed by atoms with Gasteiger partial charge in [-0.3, -0.25) is 0 Å². The molecule has 0 fully saturated rings. The Balaban J connectivity index is 2.28. The molecule has 2 rings (SSSR count). The van der Waals surface area contributed by atoms with Crippen molar-refractivity contribution < 1.29 is 4.74 Å². The van der Waals surface area contributed by atoms with Crippen LogP contribution in [0.25, 0.3) is 0 Å². The fraction of sp³-hybridized carbons (Fsp3) is 0.143. The summed E-state index contributed by atoms with van der Waals surface area (Å²) in [6.45, 7) is 4.03. The van der Waals surface area contributed by atoms with Crippen LogP contribution in [0.5, 0.6) is 11.5 Å². The molecule has 1 aromatic carbocycles. The second-order valence-electron chi connectivity index (χ2n) is 3.86. The van der Waals surface area contributed by atoms with E-state index in [1.807, 2.05) is 32.0 Å². The normalized spacial score (nSPS) is 9.71. The average molecular weight is 224 g/mol. The Morgan fingerprint density at radius 2 is 2.00 bits per heavy atom. The predicted octanol–water partition coefficient (Wildman–Crippen LogP) is 3.36. The lowest BCUT2D eigenvalue weighted by atomic mass is 10.1. The highest BCUT2D eigenvalue weighted by Gasteiger charge is 2.02. The van der Waals surface area contributed by atoms with E-state index in [0.29, 0.717) is 11.4 Å². The van der Waals surface area contributed by atoms with Crippen LogP contribution in [0, 0.1) is 25.2 Å². The maximum Gasteiger partial charge on any atom is 0.144 e. The monoisotopic (exact) mass is 224 g/mol. The lowest BCUT2D eigenvalue weighted by Crippen LogP contribution is -1.90. The SMILES string of the molecule is Cc1ccc(Oc2ccnc(C#N)c2)c(C)c1. The van der Waals surface area contributed by atoms with Crippen molar-refractivity contribution in [2.45, 2.75) is 13.8 Å². The molecule has 0 atom stereocenters. The van der Waals surface area contributed by atoms with Gasteiger partial charge in [-0.1, -0.05) is 17.7 Å². The Kier molecular flexibility index (Phi) is 3.06. The van der Waals surface area contributed by atoms with Gasteiger partial charge in [-0.05, 0) is 31.5 Å². The number of nitrogens with zero attached hydrogens (tertiary/aromatic N) is 2. The number of hydrogen-bond donors (Lipinski definition) is 0. The van der Waals surface area contributed by atoms with E-state index in [9.17, 15) is 0 Å². The lowest BCUT2D eigenvalue weighted by Gasteiger charge is -2.09. The summed E-state index contributed by atoms with van der Waals surface area (Å²) in [6.07, 6.45) is 1.57. The van der Waals surface area contributed by atoms with E-state index in [4.69, 9.17) is 10.00 Å². The van der Waals surface area contributed by atoms with Crippen molar-refractivity contribution in [1.29, 1.82) is 5.26 Å². The van der Waals surface area contributed by atoms with Gasteiger partial charge in [0.25, 0.3) is 0 Å². The topological polar surface area (TPSA) is 45.9 Å². The number of rotatable bonds is 2. The van der Waals surface area contributed by atoms with Gasteiger partial charge >= 0.3 is 0 Å². The molecule has 0 radical (unpaired) electrons. The van der Waals surface area contributed by atoms with Crippen LogP contribution in [0.15, 0.2) is 36.5 Å². The number of aryl methyl sites for hydroxylation is 2. The molecular formula is C14H12N2O. The maximum atomic E-state index is 8.75. The molecule has 17 heavy (non-hydrogen) atoms. The molecule has 0 aliphatic rings. The number of hydrogen-bond acceptors (Lipinski definition) is 3. The first-order chi connectivity index (χ1) is 8.19. The minimum absolute atomic E-state index is 0.354. The fourth-order valence-electron chi connectivity index (χ4n) is 1.58. The molecule has 0 bridgehead atoms. The molecular weight excluding hydrogens is 212 g/mol. The van der Waals surface area contributed by atoms with E-state index in [0.717, 1.165) is 11.3 Å². The highest BCUT2D eigenvalue weighted by atomic mass is 16.5. The van der Waals surface area contributed by atoms with Crippen molar-refractivity contribution in [2.75, 3.05) is 0 Å². The molecule has 0 aliphatic carbocycles. The molecule has 0 spiro atoms. The van der Waals surface area contributed by atoms with Gasteiger partial charge < -0.3 is 4.74 Å². The Hall–Kier alpha value is -2.34. The number of benzene rings is 1. The van der Waals surface area contributed by atoms with Crippen molar-refractivity contribution in [3.8, 4) is 17.6 Å². The van der Waals surface area contributed by atoms with Crippen LogP contribution in [0.3, 0.4) is 0 Å². The number of ether oxygens (including phenoxy) is 1. The number of aromatic nitrogens is 1. The van der Waals surface area contributed by atoms with Gasteiger partial charge in [0.2, 0.25) is 0 Å². The molecule has 1 aromatic heterocycles. The minimum atomic E-state index is 0.354. The molecule has 3 heteroatoms. The van der Waals surface area contributed by atoms with Crippen LogP contribution in [0.1, 0.15) is 16.8 Å². The van der Waals surface area contributed by atoms with Gasteiger partial charge in [-0.25, -0.2) is 4.98 Å². The summed E-state index contributed by atoms with van der Waals surface area (Å²) < 4.78 is 5.72. The molecule has 0 N–H and O–H groups in total. The molecule has 2 aromatic rings. The molecule has 0 amide bonds. The van der Waals surface area contributed by atoms with Crippen molar-refractivity contribution in [3.05, 3.63) is 53.3 Å². The van der Waals surface area contributed by atoms with Gasteiger partial charge in [0, 0.05) is 12.3 Å². The third kappa shape index (κ3) is 2.61. The Morgan fingerprint density at radius 3 is 2.71 bits per heavy atom. The van der Waals surface area contributed by atoms with Crippen molar-refractivity contribution >= 4 is 0 Å². The first-order valence-corrected chi connectivity index (χ1v) is 5.30. The summed E-state index contributed by atoms with van der Waals surface area (Å²) in [5.74, 6) is 1.43. The smallest absolute Gasteiger partial charge is 0.144 e. The summed E-state index contributed by atoms with van der Waals surface area (Å²) in [6, 6.07) is 11.3. The van der Waals surface area contributed by atoms with E-state index in [2.05, 4.69) is 11.1 Å². The van der Waals surface area contributed by atoms with E-state index in [1.54, 1.807) is 18.3 Å². The molecule has 0 saturated carbocycles. The molecule has 84 valence electrons. The summed E-state index contributed by atoms with van der Waals surface area (Å²) in [5.41, 5.74) is 2.62. The zero-order valence-electron chi connectivity index (χ0n) is 9.77. The van der Waals surface area contributed by atoms with Crippen LogP contribution in [0.2, 0.25) is 0 Å². The second kappa shape index (κ2) is 4.67. The van der Waals surface area contributed by atoms with Crippen molar-refractivity contribution in [2.24, 2.45) is 0 Å². The summed E-state index contributed by atoms with van der Waals surface area (Å²) in [4.78, 5) is 3.89. The Labute approximate surface area is 100 Å². The molecule has 0 saturated heterocycles. The zero-order valence-corrected chi connectivity index (χ0v) is 9.77. The van der Waals surface area contributed by atoms with E-state index in [-0.39, 0.29) is 0 Å². The van der Waals surface area contributed by atoms with E-state index in [1.165, 1.54) is 5.56 Å². The average Bonchev–Trinajstić information content (AvgIpc) is 2.33. The Bertz CT molecular complexity index is 585. The first kappa shape index (κ1) is 11.2. The van der Waals surface area contributed by atoms with Gasteiger partial charge in [0.1, 0.15) is 23.3 Å². The summed E-state index contributed by atoms with van der Waals surface area (Å²) in [5, 5.41) is 8.75. The maximum absolute atomic E-state index is 8.75. The van der Waals surface area contributed by atoms with Gasteiger partial charge in [0.15, 0.2) is 0 Å². The van der Waals surface area contributed by atoms with Crippen LogP contribution in [-0.2, 0) is 0 Å². The van der Waals surface area contributed by atoms with Crippen molar-refractivity contribution in [3.63, 3.8) is 0 Å². The minimum Gasteiger partial charge on any atom is -0.457 e. The zero-order chi connectivity index (χ0) is 12.3. The van der Waals surface area contributed by atoms with Crippen LogP contribution >= 0.6 is 0 Å². The predicted molar refractivity (Wildman–Crippen MR) is 64.9 cm³/mol. The standard InChI is InChI=1S/C14H12N2O/c1-10-3-4-14(11(2)7-10)17-13-5-6-16-12(8-13)9-15/h3-8H,1-2H3. The highest BCUT2D eigenvalue weighted by Crippen LogP contribution is 2.25. The quantitative estimate of drug-likeness (QED) is 0.785. The van der Waals surface area contributed by atoms with Crippen molar-refractivity contribution in [1.82, 2.24) is 4.98 Å². The Morgan fingerprint density at radius 1 is 1.18 bits per heavy atom. The number of pyridine rings is 1. The van der Waals surface area contributed by atoms with E-state index < -0.39 is 0 Å². The third-order valence-corrected chi connectivity index (χ3v) is 2.40. The number of nitriles is 1. The van der Waals surface area contributed by atoms with Crippen LogP contribution in [-0.4, -0.2) is 4.98 Å². The van der Waals surface area contributed by atoms with Crippen LogP contribution < -0.4 is 4.74 Å². The lowest BCUT2D eigenvalue weighted by molar-refractivity contribution is 0.478. The summed E-state index contributed by atoms with van der Waals surface area (Å²) in [7, 11) is 0.